The van der Waals surface area contributed by atoms with E-state index in [2.05, 4.69) is 15.3 Å². The molecule has 0 fully saturated rings. The number of carbonyl (C=O) groups is 2. The van der Waals surface area contributed by atoms with Gasteiger partial charge in [-0.2, -0.15) is 0 Å². The molecule has 4 aromatic rings. The number of amides is 1. The predicted octanol–water partition coefficient (Wildman–Crippen LogP) is 4.73. The average Bonchev–Trinajstić information content (AvgIpc) is 3.08. The van der Waals surface area contributed by atoms with Crippen LogP contribution in [0.5, 0.6) is 11.8 Å². The van der Waals surface area contributed by atoms with Crippen LogP contribution in [0.1, 0.15) is 26.3 Å². The Morgan fingerprint density at radius 2 is 1.47 bits per heavy atom. The zero-order valence-electron chi connectivity index (χ0n) is 15.7. The lowest BCUT2D eigenvalue weighted by Crippen LogP contribution is -2.12. The number of ketones is 1. The molecule has 1 amide bonds. The number of benzene rings is 3. The summed E-state index contributed by atoms with van der Waals surface area (Å²) in [6.45, 7) is 0. The minimum absolute atomic E-state index is 0.0557. The van der Waals surface area contributed by atoms with Crippen molar-refractivity contribution in [1.82, 2.24) is 9.97 Å². The van der Waals surface area contributed by atoms with E-state index in [1.807, 2.05) is 30.3 Å². The van der Waals surface area contributed by atoms with Crippen LogP contribution in [-0.2, 0) is 0 Å². The van der Waals surface area contributed by atoms with Gasteiger partial charge in [-0.25, -0.2) is 9.97 Å². The van der Waals surface area contributed by atoms with E-state index in [9.17, 15) is 9.59 Å². The van der Waals surface area contributed by atoms with Crippen LogP contribution in [0.25, 0.3) is 11.1 Å². The molecule has 0 spiro atoms. The maximum absolute atomic E-state index is 12.7. The van der Waals surface area contributed by atoms with Gasteiger partial charge in [0.25, 0.3) is 5.91 Å². The Labute approximate surface area is 172 Å². The molecule has 1 aliphatic carbocycles. The van der Waals surface area contributed by atoms with E-state index in [1.54, 1.807) is 54.9 Å². The van der Waals surface area contributed by atoms with E-state index in [1.165, 1.54) is 0 Å². The van der Waals surface area contributed by atoms with Crippen molar-refractivity contribution in [3.63, 3.8) is 0 Å². The zero-order chi connectivity index (χ0) is 20.5. The summed E-state index contributed by atoms with van der Waals surface area (Å²) in [5.41, 5.74) is 4.02. The Kier molecular flexibility index (Phi) is 4.29. The number of nitrogens with zero attached hydrogens (tertiary/aromatic N) is 2. The van der Waals surface area contributed by atoms with Gasteiger partial charge in [-0.05, 0) is 53.6 Å². The summed E-state index contributed by atoms with van der Waals surface area (Å²) in [6, 6.07) is 21.5. The van der Waals surface area contributed by atoms with Crippen molar-refractivity contribution in [2.75, 3.05) is 5.32 Å². The largest absolute Gasteiger partial charge is 0.424 e. The summed E-state index contributed by atoms with van der Waals surface area (Å²) in [4.78, 5) is 33.4. The van der Waals surface area contributed by atoms with E-state index < -0.39 is 0 Å². The Bertz CT molecular complexity index is 1270. The van der Waals surface area contributed by atoms with Crippen molar-refractivity contribution >= 4 is 17.4 Å². The van der Waals surface area contributed by atoms with Crippen LogP contribution in [-0.4, -0.2) is 21.7 Å². The zero-order valence-corrected chi connectivity index (χ0v) is 15.7. The predicted molar refractivity (Wildman–Crippen MR) is 112 cm³/mol. The van der Waals surface area contributed by atoms with Gasteiger partial charge in [0.2, 0.25) is 0 Å². The van der Waals surface area contributed by atoms with Crippen molar-refractivity contribution in [3.8, 4) is 22.9 Å². The summed E-state index contributed by atoms with van der Waals surface area (Å²) >= 11 is 0. The molecule has 6 heteroatoms. The topological polar surface area (TPSA) is 81.2 Å². The third kappa shape index (κ3) is 3.20. The third-order valence-corrected chi connectivity index (χ3v) is 4.85. The number of hydrogen-bond acceptors (Lipinski definition) is 5. The molecule has 0 saturated carbocycles. The maximum Gasteiger partial charge on any atom is 0.321 e. The highest BCUT2D eigenvalue weighted by atomic mass is 16.5. The maximum atomic E-state index is 12.7. The monoisotopic (exact) mass is 393 g/mol. The number of fused-ring (bicyclic) bond motifs is 3. The molecule has 0 aliphatic heterocycles. The molecule has 1 N–H and O–H groups in total. The second-order valence-corrected chi connectivity index (χ2v) is 6.75. The number of carbonyl (C=O) groups excluding carboxylic acids is 2. The van der Waals surface area contributed by atoms with Gasteiger partial charge in [0.1, 0.15) is 5.75 Å². The molecule has 1 aliphatic rings. The SMILES string of the molecule is O=C(Nc1ccc(Oc2ncccn2)cc1)c1ccc2c(c1)C(=O)c1ccccc1-2. The summed E-state index contributed by atoms with van der Waals surface area (Å²) < 4.78 is 5.54. The number of anilines is 1. The Hall–Kier alpha value is -4.32. The molecule has 6 nitrogen and oxygen atoms in total. The van der Waals surface area contributed by atoms with Crippen LogP contribution in [0.3, 0.4) is 0 Å². The molecule has 1 aromatic heterocycles. The minimum Gasteiger partial charge on any atom is -0.424 e. The van der Waals surface area contributed by atoms with Crippen LogP contribution >= 0.6 is 0 Å². The molecular formula is C24H15N3O3. The quantitative estimate of drug-likeness (QED) is 0.477. The highest BCUT2D eigenvalue weighted by molar-refractivity contribution is 6.22. The first-order valence-corrected chi connectivity index (χ1v) is 9.33. The second kappa shape index (κ2) is 7.25. The standard InChI is InChI=1S/C24H15N3O3/c28-22-20-5-2-1-4-18(20)19-11-6-15(14-21(19)22)23(29)27-16-7-9-17(10-8-16)30-24-25-12-3-13-26-24/h1-14H,(H,27,29). The van der Waals surface area contributed by atoms with Crippen LogP contribution < -0.4 is 10.1 Å². The fourth-order valence-electron chi connectivity index (χ4n) is 3.42. The molecule has 0 unspecified atom stereocenters. The molecule has 1 heterocycles. The van der Waals surface area contributed by atoms with Crippen LogP contribution in [0, 0.1) is 0 Å². The van der Waals surface area contributed by atoms with Crippen molar-refractivity contribution in [3.05, 3.63) is 102 Å². The van der Waals surface area contributed by atoms with Crippen molar-refractivity contribution in [2.45, 2.75) is 0 Å². The van der Waals surface area contributed by atoms with Gasteiger partial charge in [0.05, 0.1) is 0 Å². The van der Waals surface area contributed by atoms with E-state index in [4.69, 9.17) is 4.74 Å². The third-order valence-electron chi connectivity index (χ3n) is 4.85. The van der Waals surface area contributed by atoms with E-state index in [0.717, 1.165) is 11.1 Å². The van der Waals surface area contributed by atoms with E-state index in [0.29, 0.717) is 28.1 Å². The van der Waals surface area contributed by atoms with Crippen LogP contribution in [0.15, 0.2) is 85.2 Å². The molecule has 0 radical (unpaired) electrons. The minimum atomic E-state index is -0.290. The number of nitrogens with one attached hydrogen (secondary N) is 1. The molecule has 30 heavy (non-hydrogen) atoms. The lowest BCUT2D eigenvalue weighted by atomic mass is 10.0. The van der Waals surface area contributed by atoms with Gasteiger partial charge < -0.3 is 10.1 Å². The summed E-state index contributed by atoms with van der Waals surface area (Å²) in [7, 11) is 0. The highest BCUT2D eigenvalue weighted by Gasteiger charge is 2.27. The number of ether oxygens (including phenoxy) is 1. The van der Waals surface area contributed by atoms with Gasteiger partial charge >= 0.3 is 6.01 Å². The van der Waals surface area contributed by atoms with Gasteiger partial charge in [0.15, 0.2) is 5.78 Å². The smallest absolute Gasteiger partial charge is 0.321 e. The second-order valence-electron chi connectivity index (χ2n) is 6.75. The van der Waals surface area contributed by atoms with Gasteiger partial charge in [-0.1, -0.05) is 30.3 Å². The van der Waals surface area contributed by atoms with Crippen molar-refractivity contribution < 1.29 is 14.3 Å². The van der Waals surface area contributed by atoms with Crippen molar-refractivity contribution in [1.29, 1.82) is 0 Å². The van der Waals surface area contributed by atoms with E-state index in [-0.39, 0.29) is 17.7 Å². The summed E-state index contributed by atoms with van der Waals surface area (Å²) in [6.07, 6.45) is 3.19. The van der Waals surface area contributed by atoms with Gasteiger partial charge in [-0.3, -0.25) is 9.59 Å². The number of hydrogen-bond donors (Lipinski definition) is 1. The first-order valence-electron chi connectivity index (χ1n) is 9.33. The fourth-order valence-corrected chi connectivity index (χ4v) is 3.42. The van der Waals surface area contributed by atoms with E-state index >= 15 is 0 Å². The normalized spacial score (nSPS) is 11.5. The number of aromatic nitrogens is 2. The molecule has 3 aromatic carbocycles. The summed E-state index contributed by atoms with van der Waals surface area (Å²) in [5.74, 6) is 0.210. The van der Waals surface area contributed by atoms with Gasteiger partial charge in [-0.15, -0.1) is 0 Å². The first kappa shape index (κ1) is 17.8. The Morgan fingerprint density at radius 3 is 2.23 bits per heavy atom. The van der Waals surface area contributed by atoms with Crippen molar-refractivity contribution in [2.24, 2.45) is 0 Å². The van der Waals surface area contributed by atoms with Gasteiger partial charge in [0, 0.05) is 34.8 Å². The lowest BCUT2D eigenvalue weighted by molar-refractivity contribution is 0.102. The fraction of sp³-hybridized carbons (Fsp3) is 0. The highest BCUT2D eigenvalue weighted by Crippen LogP contribution is 2.36. The lowest BCUT2D eigenvalue weighted by Gasteiger charge is -2.08. The number of rotatable bonds is 4. The molecule has 144 valence electrons. The molecule has 0 saturated heterocycles. The first-order chi connectivity index (χ1) is 14.7. The molecule has 0 atom stereocenters. The molecule has 0 bridgehead atoms. The molecule has 5 rings (SSSR count). The van der Waals surface area contributed by atoms with Crippen LogP contribution in [0.4, 0.5) is 5.69 Å². The summed E-state index contributed by atoms with van der Waals surface area (Å²) in [5, 5.41) is 2.84. The van der Waals surface area contributed by atoms with Crippen LogP contribution in [0.2, 0.25) is 0 Å². The average molecular weight is 393 g/mol. The Morgan fingerprint density at radius 1 is 0.767 bits per heavy atom. The Balaban J connectivity index is 1.32. The molecular weight excluding hydrogens is 378 g/mol.